The molecule has 0 fully saturated rings. The van der Waals surface area contributed by atoms with Gasteiger partial charge < -0.3 is 4.74 Å². The normalized spacial score (nSPS) is 12.0. The van der Waals surface area contributed by atoms with Gasteiger partial charge in [-0.3, -0.25) is 4.98 Å². The second-order valence-corrected chi connectivity index (χ2v) is 14.8. The first-order chi connectivity index (χ1) is 23.5. The van der Waals surface area contributed by atoms with E-state index in [-0.39, 0.29) is 10.8 Å². The van der Waals surface area contributed by atoms with Gasteiger partial charge >= 0.3 is 0 Å². The van der Waals surface area contributed by atoms with Gasteiger partial charge in [0.05, 0.1) is 24.0 Å². The van der Waals surface area contributed by atoms with Crippen molar-refractivity contribution in [2.75, 3.05) is 7.11 Å². The maximum Gasteiger partial charge on any atom is 0.132 e. The summed E-state index contributed by atoms with van der Waals surface area (Å²) < 4.78 is 8.32. The predicted molar refractivity (Wildman–Crippen MR) is 205 cm³/mol. The van der Waals surface area contributed by atoms with Crippen molar-refractivity contribution in [3.05, 3.63) is 145 Å². The molecule has 7 aromatic rings. The van der Waals surface area contributed by atoms with Gasteiger partial charge in [0, 0.05) is 28.3 Å². The van der Waals surface area contributed by atoms with Crippen molar-refractivity contribution in [1.29, 1.82) is 0 Å². The van der Waals surface area contributed by atoms with E-state index in [1.165, 1.54) is 11.1 Å². The van der Waals surface area contributed by atoms with Crippen molar-refractivity contribution in [2.45, 2.75) is 52.4 Å². The van der Waals surface area contributed by atoms with Crippen LogP contribution in [0, 0.1) is 0 Å². The number of ether oxygens (including phenoxy) is 1. The largest absolute Gasteiger partial charge is 0.496 e. The SMILES string of the molecule is COc1c(-c2nn(-c3cc(-c4ccccc4)cc(-c4cc(-c5ccccc5)ccn4)c3)c3ccccc23)cc(C(C)(C)C)cc1C(C)(C)C. The van der Waals surface area contributed by atoms with Gasteiger partial charge in [0.1, 0.15) is 11.4 Å². The predicted octanol–water partition coefficient (Wildman–Crippen LogP) is 11.7. The number of rotatable bonds is 6. The quantitative estimate of drug-likeness (QED) is 0.181. The number of aromatic nitrogens is 3. The highest BCUT2D eigenvalue weighted by atomic mass is 16.5. The Morgan fingerprint density at radius 1 is 0.571 bits per heavy atom. The Morgan fingerprint density at radius 3 is 1.86 bits per heavy atom. The Labute approximate surface area is 290 Å². The lowest BCUT2D eigenvalue weighted by molar-refractivity contribution is 0.398. The highest BCUT2D eigenvalue weighted by Crippen LogP contribution is 2.44. The molecule has 0 saturated heterocycles. The van der Waals surface area contributed by atoms with Gasteiger partial charge in [-0.15, -0.1) is 0 Å². The van der Waals surface area contributed by atoms with Crippen molar-refractivity contribution in [3.8, 4) is 56.2 Å². The molecule has 244 valence electrons. The maximum atomic E-state index is 6.23. The first-order valence-electron chi connectivity index (χ1n) is 16.9. The van der Waals surface area contributed by atoms with Crippen molar-refractivity contribution in [1.82, 2.24) is 14.8 Å². The fraction of sp³-hybridized carbons (Fsp3) is 0.200. The summed E-state index contributed by atoms with van der Waals surface area (Å²) in [4.78, 5) is 4.86. The standard InChI is InChI=1S/C45H43N3O/c1-44(2,3)35-28-38(43(49-7)39(29-35)45(4,5)6)42-37-20-14-15-21-41(37)48(47-42)36-25-33(31-18-12-9-13-19-31)24-34(26-36)40-27-32(22-23-46-40)30-16-10-8-11-17-30/h8-29H,1-7H3. The zero-order valence-corrected chi connectivity index (χ0v) is 29.5. The molecule has 0 spiro atoms. The lowest BCUT2D eigenvalue weighted by Gasteiger charge is -2.28. The summed E-state index contributed by atoms with van der Waals surface area (Å²) in [5, 5.41) is 6.51. The highest BCUT2D eigenvalue weighted by molar-refractivity contribution is 5.96. The lowest BCUT2D eigenvalue weighted by atomic mass is 9.78. The summed E-state index contributed by atoms with van der Waals surface area (Å²) in [5.74, 6) is 0.872. The molecule has 0 radical (unpaired) electrons. The minimum Gasteiger partial charge on any atom is -0.496 e. The minimum atomic E-state index is -0.125. The third-order valence-electron chi connectivity index (χ3n) is 9.24. The maximum absolute atomic E-state index is 6.23. The zero-order valence-electron chi connectivity index (χ0n) is 29.5. The van der Waals surface area contributed by atoms with Crippen LogP contribution in [0.25, 0.3) is 61.4 Å². The van der Waals surface area contributed by atoms with Crippen LogP contribution in [-0.2, 0) is 10.8 Å². The van der Waals surface area contributed by atoms with E-state index in [4.69, 9.17) is 14.8 Å². The Hall–Kier alpha value is -5.48. The molecule has 0 amide bonds. The van der Waals surface area contributed by atoms with Crippen molar-refractivity contribution in [2.24, 2.45) is 0 Å². The molecule has 5 aromatic carbocycles. The van der Waals surface area contributed by atoms with E-state index in [0.717, 1.165) is 67.1 Å². The number of nitrogens with zero attached hydrogens (tertiary/aromatic N) is 3. The Balaban J connectivity index is 1.48. The van der Waals surface area contributed by atoms with E-state index in [0.29, 0.717) is 0 Å². The Bertz CT molecular complexity index is 2270. The molecule has 49 heavy (non-hydrogen) atoms. The number of hydrogen-bond donors (Lipinski definition) is 0. The first kappa shape index (κ1) is 32.1. The summed E-state index contributed by atoms with van der Waals surface area (Å²) in [6, 6.07) is 45.0. The number of hydrogen-bond acceptors (Lipinski definition) is 3. The zero-order chi connectivity index (χ0) is 34.3. The Kier molecular flexibility index (Phi) is 8.20. The summed E-state index contributed by atoms with van der Waals surface area (Å²) in [7, 11) is 1.77. The summed E-state index contributed by atoms with van der Waals surface area (Å²) >= 11 is 0. The second kappa shape index (κ2) is 12.5. The van der Waals surface area contributed by atoms with Crippen LogP contribution in [-0.4, -0.2) is 21.9 Å². The van der Waals surface area contributed by atoms with Crippen molar-refractivity contribution < 1.29 is 4.74 Å². The van der Waals surface area contributed by atoms with Crippen LogP contribution in [0.1, 0.15) is 52.7 Å². The van der Waals surface area contributed by atoms with Crippen molar-refractivity contribution >= 4 is 10.9 Å². The summed E-state index contributed by atoms with van der Waals surface area (Å²) in [6.07, 6.45) is 1.90. The van der Waals surface area contributed by atoms with Crippen LogP contribution >= 0.6 is 0 Å². The molecule has 0 unspecified atom stereocenters. The summed E-state index contributed by atoms with van der Waals surface area (Å²) in [5.41, 5.74) is 12.6. The number of para-hydroxylation sites is 1. The van der Waals surface area contributed by atoms with Gasteiger partial charge in [0.2, 0.25) is 0 Å². The molecule has 0 bridgehead atoms. The molecule has 0 aliphatic rings. The fourth-order valence-corrected chi connectivity index (χ4v) is 6.55. The van der Waals surface area contributed by atoms with E-state index < -0.39 is 0 Å². The minimum absolute atomic E-state index is 0.0560. The molecule has 0 saturated carbocycles. The van der Waals surface area contributed by atoms with E-state index in [1.54, 1.807) is 7.11 Å². The lowest BCUT2D eigenvalue weighted by Crippen LogP contribution is -2.18. The van der Waals surface area contributed by atoms with E-state index in [1.807, 2.05) is 12.3 Å². The van der Waals surface area contributed by atoms with E-state index in [2.05, 4.69) is 168 Å². The molecule has 0 aliphatic heterocycles. The summed E-state index contributed by atoms with van der Waals surface area (Å²) in [6.45, 7) is 13.5. The Morgan fingerprint density at radius 2 is 1.20 bits per heavy atom. The first-order valence-corrected chi connectivity index (χ1v) is 16.9. The average molecular weight is 642 g/mol. The van der Waals surface area contributed by atoms with Gasteiger partial charge in [0.15, 0.2) is 0 Å². The molecule has 2 heterocycles. The van der Waals surface area contributed by atoms with Crippen molar-refractivity contribution in [3.63, 3.8) is 0 Å². The topological polar surface area (TPSA) is 39.9 Å². The number of methoxy groups -OCH3 is 1. The van der Waals surface area contributed by atoms with Gasteiger partial charge in [-0.25, -0.2) is 4.68 Å². The molecule has 7 rings (SSSR count). The van der Waals surface area contributed by atoms with Gasteiger partial charge in [-0.2, -0.15) is 5.10 Å². The van der Waals surface area contributed by atoms with Crippen LogP contribution in [0.2, 0.25) is 0 Å². The second-order valence-electron chi connectivity index (χ2n) is 14.8. The van der Waals surface area contributed by atoms with Gasteiger partial charge in [-0.1, -0.05) is 126 Å². The molecule has 4 nitrogen and oxygen atoms in total. The van der Waals surface area contributed by atoms with Crippen LogP contribution in [0.15, 0.2) is 134 Å². The van der Waals surface area contributed by atoms with Gasteiger partial charge in [0.25, 0.3) is 0 Å². The van der Waals surface area contributed by atoms with Crippen LogP contribution in [0.4, 0.5) is 0 Å². The average Bonchev–Trinajstić information content (AvgIpc) is 3.50. The molecule has 4 heteroatoms. The van der Waals surface area contributed by atoms with Gasteiger partial charge in [-0.05, 0) is 81.1 Å². The third-order valence-corrected chi connectivity index (χ3v) is 9.24. The number of pyridine rings is 1. The fourth-order valence-electron chi connectivity index (χ4n) is 6.55. The number of fused-ring (bicyclic) bond motifs is 1. The monoisotopic (exact) mass is 641 g/mol. The molecule has 0 atom stereocenters. The molecule has 2 aromatic heterocycles. The molecular formula is C45H43N3O. The highest BCUT2D eigenvalue weighted by Gasteiger charge is 2.28. The van der Waals surface area contributed by atoms with E-state index >= 15 is 0 Å². The molecular weight excluding hydrogens is 599 g/mol. The molecule has 0 N–H and O–H groups in total. The smallest absolute Gasteiger partial charge is 0.132 e. The third kappa shape index (κ3) is 6.27. The number of benzene rings is 5. The molecule has 0 aliphatic carbocycles. The van der Waals surface area contributed by atoms with Crippen LogP contribution in [0.5, 0.6) is 5.75 Å². The van der Waals surface area contributed by atoms with Crippen LogP contribution in [0.3, 0.4) is 0 Å². The van der Waals surface area contributed by atoms with E-state index in [9.17, 15) is 0 Å². The van der Waals surface area contributed by atoms with Crippen LogP contribution < -0.4 is 4.74 Å².